The third kappa shape index (κ3) is 7.74. The van der Waals surface area contributed by atoms with E-state index in [4.69, 9.17) is 4.74 Å². The fraction of sp³-hybridized carbons (Fsp3) is 0.613. The maximum atomic E-state index is 13.8. The molecule has 11 heteroatoms. The van der Waals surface area contributed by atoms with Gasteiger partial charge in [-0.05, 0) is 71.6 Å². The molecule has 2 aromatic heterocycles. The van der Waals surface area contributed by atoms with Crippen LogP contribution in [0.25, 0.3) is 22.5 Å². The Bertz CT molecular complexity index is 1360. The van der Waals surface area contributed by atoms with Crippen LogP contribution in [0.4, 0.5) is 4.79 Å². The number of hydrogen-bond acceptors (Lipinski definition) is 7. The molecule has 0 saturated carbocycles. The predicted molar refractivity (Wildman–Crippen MR) is 162 cm³/mol. The summed E-state index contributed by atoms with van der Waals surface area (Å²) in [4.78, 5) is 29.8. The van der Waals surface area contributed by atoms with Crippen LogP contribution in [0.15, 0.2) is 30.6 Å². The van der Waals surface area contributed by atoms with E-state index in [1.165, 1.54) is 0 Å². The quantitative estimate of drug-likeness (QED) is 0.312. The molecule has 2 atom stereocenters. The van der Waals surface area contributed by atoms with E-state index >= 15 is 0 Å². The third-order valence-corrected chi connectivity index (χ3v) is 7.43. The number of nitrogens with zero attached hydrogens (tertiary/aromatic N) is 8. The van der Waals surface area contributed by atoms with Gasteiger partial charge in [-0.25, -0.2) is 14.2 Å². The highest BCUT2D eigenvalue weighted by atomic mass is 16.6. The minimum absolute atomic E-state index is 0.103. The van der Waals surface area contributed by atoms with Gasteiger partial charge in [0.05, 0.1) is 24.5 Å². The molecule has 2 amide bonds. The molecule has 11 nitrogen and oxygen atoms in total. The van der Waals surface area contributed by atoms with Crippen LogP contribution in [-0.4, -0.2) is 83.6 Å². The van der Waals surface area contributed by atoms with E-state index in [1.54, 1.807) is 9.80 Å². The van der Waals surface area contributed by atoms with Gasteiger partial charge in [0.2, 0.25) is 0 Å². The molecule has 0 N–H and O–H groups in total. The van der Waals surface area contributed by atoms with Crippen LogP contribution in [0, 0.1) is 5.92 Å². The average Bonchev–Trinajstić information content (AvgIpc) is 3.62. The first-order valence-corrected chi connectivity index (χ1v) is 15.1. The second-order valence-electron chi connectivity index (χ2n) is 12.8. The van der Waals surface area contributed by atoms with Crippen LogP contribution >= 0.6 is 0 Å². The van der Waals surface area contributed by atoms with Crippen LogP contribution < -0.4 is 0 Å². The van der Waals surface area contributed by atoms with E-state index in [2.05, 4.69) is 55.2 Å². The van der Waals surface area contributed by atoms with E-state index in [0.29, 0.717) is 49.0 Å². The Kier molecular flexibility index (Phi) is 9.68. The van der Waals surface area contributed by atoms with Crippen LogP contribution in [0.5, 0.6) is 0 Å². The summed E-state index contributed by atoms with van der Waals surface area (Å²) in [6, 6.07) is 6.17. The molecule has 0 bridgehead atoms. The van der Waals surface area contributed by atoms with E-state index in [9.17, 15) is 9.59 Å². The summed E-state index contributed by atoms with van der Waals surface area (Å²) < 4.78 is 9.29. The number of rotatable bonds is 9. The highest BCUT2D eigenvalue weighted by Crippen LogP contribution is 2.29. The molecule has 3 heterocycles. The molecule has 0 spiro atoms. The fourth-order valence-corrected chi connectivity index (χ4v) is 5.24. The molecule has 1 aliphatic heterocycles. The van der Waals surface area contributed by atoms with E-state index < -0.39 is 5.60 Å². The molecule has 1 aliphatic rings. The van der Waals surface area contributed by atoms with Gasteiger partial charge in [-0.2, -0.15) is 0 Å². The molecule has 4 rings (SSSR count). The molecule has 0 radical (unpaired) electrons. The smallest absolute Gasteiger partial charge is 0.410 e. The van der Waals surface area contributed by atoms with Gasteiger partial charge in [-0.1, -0.05) is 37.6 Å². The number of benzene rings is 1. The zero-order valence-electron chi connectivity index (χ0n) is 26.4. The van der Waals surface area contributed by atoms with Crippen LogP contribution in [0.2, 0.25) is 0 Å². The minimum Gasteiger partial charge on any atom is -0.444 e. The molecule has 42 heavy (non-hydrogen) atoms. The van der Waals surface area contributed by atoms with Crippen LogP contribution in [-0.2, 0) is 4.74 Å². The van der Waals surface area contributed by atoms with Gasteiger partial charge in [0.1, 0.15) is 17.0 Å². The van der Waals surface area contributed by atoms with Crippen molar-refractivity contribution in [1.29, 1.82) is 0 Å². The monoisotopic (exact) mass is 578 g/mol. The summed E-state index contributed by atoms with van der Waals surface area (Å²) >= 11 is 0. The number of ether oxygens (including phenoxy) is 1. The first-order valence-electron chi connectivity index (χ1n) is 15.1. The Morgan fingerprint density at radius 3 is 1.86 bits per heavy atom. The third-order valence-electron chi connectivity index (χ3n) is 7.43. The Morgan fingerprint density at radius 2 is 1.36 bits per heavy atom. The van der Waals surface area contributed by atoms with Gasteiger partial charge in [0.15, 0.2) is 0 Å². The Labute approximate surface area is 249 Å². The van der Waals surface area contributed by atoms with Crippen molar-refractivity contribution in [1.82, 2.24) is 39.8 Å². The van der Waals surface area contributed by atoms with Crippen LogP contribution in [0.3, 0.4) is 0 Å². The van der Waals surface area contributed by atoms with Crippen molar-refractivity contribution in [2.45, 2.75) is 92.3 Å². The maximum Gasteiger partial charge on any atom is 0.410 e. The zero-order chi connectivity index (χ0) is 30.6. The SMILES string of the molecule is CCC[C@@H](C)n1cc(-c2cc(C(=O)N3CCN(C(=O)OC(C)(C)C)CC3)cc(-c3cn([C@H](C)CC(C)C)nn3)c2)nn1. The largest absolute Gasteiger partial charge is 0.444 e. The summed E-state index contributed by atoms with van der Waals surface area (Å²) in [7, 11) is 0. The second kappa shape index (κ2) is 13.0. The predicted octanol–water partition coefficient (Wildman–Crippen LogP) is 5.86. The topological polar surface area (TPSA) is 111 Å². The number of amides is 2. The van der Waals surface area contributed by atoms with Gasteiger partial charge in [-0.3, -0.25) is 4.79 Å². The van der Waals surface area contributed by atoms with Crippen molar-refractivity contribution in [3.05, 3.63) is 36.2 Å². The molecular weight excluding hydrogens is 532 g/mol. The normalized spacial score (nSPS) is 15.6. The van der Waals surface area contributed by atoms with Gasteiger partial charge in [0.25, 0.3) is 5.91 Å². The van der Waals surface area contributed by atoms with E-state index in [-0.39, 0.29) is 24.1 Å². The number of carbonyl (C=O) groups excluding carboxylic acids is 2. The molecule has 1 fully saturated rings. The summed E-state index contributed by atoms with van der Waals surface area (Å²) in [6.07, 6.45) is 6.57. The summed E-state index contributed by atoms with van der Waals surface area (Å²) in [5.41, 5.74) is 2.96. The fourth-order valence-electron chi connectivity index (χ4n) is 5.24. The van der Waals surface area contributed by atoms with E-state index in [0.717, 1.165) is 30.4 Å². The number of hydrogen-bond donors (Lipinski definition) is 0. The summed E-state index contributed by atoms with van der Waals surface area (Å²) in [5, 5.41) is 17.7. The second-order valence-corrected chi connectivity index (χ2v) is 12.8. The number of piperazine rings is 1. The molecule has 1 saturated heterocycles. The highest BCUT2D eigenvalue weighted by Gasteiger charge is 2.29. The lowest BCUT2D eigenvalue weighted by atomic mass is 10.0. The first-order chi connectivity index (χ1) is 19.8. The highest BCUT2D eigenvalue weighted by molar-refractivity contribution is 5.97. The summed E-state index contributed by atoms with van der Waals surface area (Å²) in [6.45, 7) is 18.0. The van der Waals surface area contributed by atoms with Crippen molar-refractivity contribution < 1.29 is 14.3 Å². The Balaban J connectivity index is 1.62. The molecular formula is C31H46N8O3. The minimum atomic E-state index is -0.564. The van der Waals surface area contributed by atoms with Gasteiger partial charge < -0.3 is 14.5 Å². The standard InChI is InChI=1S/C31H46N8O3/c1-9-10-22(4)38-19-27(32-34-38)24-16-25(28-20-39(35-33-28)23(5)15-21(2)3)18-26(17-24)29(40)36-11-13-37(14-12-36)30(41)42-31(6,7)8/h16-23H,9-15H2,1-8H3/t22-,23-/m1/s1. The zero-order valence-corrected chi connectivity index (χ0v) is 26.4. The van der Waals surface area contributed by atoms with Crippen molar-refractivity contribution >= 4 is 12.0 Å². The van der Waals surface area contributed by atoms with Crippen molar-refractivity contribution in [2.24, 2.45) is 5.92 Å². The van der Waals surface area contributed by atoms with Crippen LogP contribution in [0.1, 0.15) is 97.1 Å². The molecule has 0 aliphatic carbocycles. The molecule has 228 valence electrons. The van der Waals surface area contributed by atoms with Gasteiger partial charge in [-0.15, -0.1) is 10.2 Å². The average molecular weight is 579 g/mol. The summed E-state index contributed by atoms with van der Waals surface area (Å²) in [5.74, 6) is 0.433. The van der Waals surface area contributed by atoms with Gasteiger partial charge >= 0.3 is 6.09 Å². The lowest BCUT2D eigenvalue weighted by molar-refractivity contribution is 0.0141. The molecule has 1 aromatic carbocycles. The van der Waals surface area contributed by atoms with Gasteiger partial charge in [0, 0.05) is 42.9 Å². The molecule has 3 aromatic rings. The number of aromatic nitrogens is 6. The van der Waals surface area contributed by atoms with Crippen molar-refractivity contribution in [3.63, 3.8) is 0 Å². The lowest BCUT2D eigenvalue weighted by Gasteiger charge is -2.35. The number of carbonyl (C=O) groups is 2. The molecule has 0 unspecified atom stereocenters. The Morgan fingerprint density at radius 1 is 0.833 bits per heavy atom. The first kappa shape index (κ1) is 31.2. The lowest BCUT2D eigenvalue weighted by Crippen LogP contribution is -2.51. The van der Waals surface area contributed by atoms with Crippen molar-refractivity contribution in [3.8, 4) is 22.5 Å². The van der Waals surface area contributed by atoms with E-state index in [1.807, 2.05) is 60.7 Å². The van der Waals surface area contributed by atoms with Crippen molar-refractivity contribution in [2.75, 3.05) is 26.2 Å². The maximum absolute atomic E-state index is 13.8. The Hall–Kier alpha value is -3.76.